The van der Waals surface area contributed by atoms with E-state index in [4.69, 9.17) is 25.8 Å². The van der Waals surface area contributed by atoms with E-state index in [1.807, 2.05) is 42.5 Å². The fourth-order valence-electron chi connectivity index (χ4n) is 2.93. The van der Waals surface area contributed by atoms with Crippen molar-refractivity contribution in [3.63, 3.8) is 0 Å². The summed E-state index contributed by atoms with van der Waals surface area (Å²) in [5.41, 5.74) is 2.15. The molecule has 1 N–H and O–H groups in total. The fraction of sp³-hybridized carbons (Fsp3) is 0.400. The first-order chi connectivity index (χ1) is 12.3. The Hall–Kier alpha value is -1.75. The Balaban J connectivity index is 1.61. The molecule has 1 atom stereocenters. The summed E-state index contributed by atoms with van der Waals surface area (Å²) in [4.78, 5) is 0. The molecule has 0 unspecified atom stereocenters. The minimum atomic E-state index is 0.325. The van der Waals surface area contributed by atoms with E-state index < -0.39 is 0 Å². The molecule has 1 heterocycles. The van der Waals surface area contributed by atoms with Gasteiger partial charge < -0.3 is 19.5 Å². The molecule has 1 aliphatic heterocycles. The molecule has 0 radical (unpaired) electrons. The molecular weight excluding hydrogens is 338 g/mol. The first-order valence-corrected chi connectivity index (χ1v) is 8.99. The second-order valence-corrected chi connectivity index (χ2v) is 6.56. The van der Waals surface area contributed by atoms with Crippen LogP contribution in [0, 0.1) is 0 Å². The highest BCUT2D eigenvalue weighted by atomic mass is 35.5. The standard InChI is InChI=1S/C20H24ClNO3/c1-23-19-11-16(12-22-13-17-8-5-9-24-17)10-18(21)20(19)25-14-15-6-3-2-4-7-15/h2-4,6-7,10-11,17,22H,5,8-9,12-14H2,1H3/t17-/m0/s1. The van der Waals surface area contributed by atoms with E-state index >= 15 is 0 Å². The van der Waals surface area contributed by atoms with Crippen molar-refractivity contribution in [1.82, 2.24) is 5.32 Å². The number of rotatable bonds is 8. The molecule has 134 valence electrons. The molecule has 5 heteroatoms. The Morgan fingerprint density at radius 1 is 1.20 bits per heavy atom. The van der Waals surface area contributed by atoms with Crippen LogP contribution in [0.5, 0.6) is 11.5 Å². The van der Waals surface area contributed by atoms with Crippen molar-refractivity contribution in [3.8, 4) is 11.5 Å². The molecule has 1 saturated heterocycles. The van der Waals surface area contributed by atoms with Gasteiger partial charge in [0.15, 0.2) is 11.5 Å². The monoisotopic (exact) mass is 361 g/mol. The maximum Gasteiger partial charge on any atom is 0.180 e. The number of halogens is 1. The molecule has 25 heavy (non-hydrogen) atoms. The van der Waals surface area contributed by atoms with E-state index in [0.717, 1.165) is 43.7 Å². The van der Waals surface area contributed by atoms with Gasteiger partial charge in [-0.05, 0) is 36.1 Å². The second-order valence-electron chi connectivity index (χ2n) is 6.15. The zero-order valence-electron chi connectivity index (χ0n) is 14.5. The van der Waals surface area contributed by atoms with E-state index in [1.54, 1.807) is 7.11 Å². The van der Waals surface area contributed by atoms with Gasteiger partial charge in [-0.25, -0.2) is 0 Å². The predicted molar refractivity (Wildman–Crippen MR) is 99.5 cm³/mol. The van der Waals surface area contributed by atoms with Gasteiger partial charge in [0.1, 0.15) is 6.61 Å². The molecule has 1 fully saturated rings. The number of methoxy groups -OCH3 is 1. The lowest BCUT2D eigenvalue weighted by molar-refractivity contribution is 0.110. The highest BCUT2D eigenvalue weighted by molar-refractivity contribution is 6.32. The zero-order chi connectivity index (χ0) is 17.5. The van der Waals surface area contributed by atoms with Gasteiger partial charge >= 0.3 is 0 Å². The summed E-state index contributed by atoms with van der Waals surface area (Å²) < 4.78 is 17.0. The van der Waals surface area contributed by atoms with Crippen molar-refractivity contribution in [2.45, 2.75) is 32.1 Å². The normalized spacial score (nSPS) is 16.8. The molecule has 1 aliphatic rings. The van der Waals surface area contributed by atoms with Crippen LogP contribution in [0.4, 0.5) is 0 Å². The molecule has 2 aromatic rings. The van der Waals surface area contributed by atoms with Gasteiger partial charge in [0, 0.05) is 19.7 Å². The fourth-order valence-corrected chi connectivity index (χ4v) is 3.22. The van der Waals surface area contributed by atoms with Crippen LogP contribution in [0.2, 0.25) is 5.02 Å². The smallest absolute Gasteiger partial charge is 0.180 e. The van der Waals surface area contributed by atoms with Crippen molar-refractivity contribution in [3.05, 3.63) is 58.6 Å². The third-order valence-electron chi connectivity index (χ3n) is 4.24. The van der Waals surface area contributed by atoms with Crippen molar-refractivity contribution >= 4 is 11.6 Å². The summed E-state index contributed by atoms with van der Waals surface area (Å²) in [6.07, 6.45) is 2.61. The Labute approximate surface area is 154 Å². The highest BCUT2D eigenvalue weighted by Gasteiger charge is 2.16. The number of nitrogens with one attached hydrogen (secondary N) is 1. The van der Waals surface area contributed by atoms with Gasteiger partial charge in [-0.2, -0.15) is 0 Å². The number of ether oxygens (including phenoxy) is 3. The lowest BCUT2D eigenvalue weighted by Crippen LogP contribution is -2.25. The lowest BCUT2D eigenvalue weighted by Gasteiger charge is -2.15. The zero-order valence-corrected chi connectivity index (χ0v) is 15.2. The van der Waals surface area contributed by atoms with Crippen molar-refractivity contribution in [2.75, 3.05) is 20.3 Å². The summed E-state index contributed by atoms with van der Waals surface area (Å²) >= 11 is 6.43. The maximum atomic E-state index is 6.43. The first kappa shape index (κ1) is 18.1. The Kier molecular flexibility index (Phi) is 6.56. The summed E-state index contributed by atoms with van der Waals surface area (Å²) in [5, 5.41) is 3.98. The van der Waals surface area contributed by atoms with Crippen LogP contribution in [-0.2, 0) is 17.9 Å². The maximum absolute atomic E-state index is 6.43. The largest absolute Gasteiger partial charge is 0.493 e. The van der Waals surface area contributed by atoms with Gasteiger partial charge in [0.25, 0.3) is 0 Å². The van der Waals surface area contributed by atoms with Gasteiger partial charge in [-0.3, -0.25) is 0 Å². The molecule has 0 aromatic heterocycles. The van der Waals surface area contributed by atoms with Crippen LogP contribution in [0.15, 0.2) is 42.5 Å². The van der Waals surface area contributed by atoms with E-state index in [-0.39, 0.29) is 0 Å². The SMILES string of the molecule is COc1cc(CNC[C@@H]2CCCO2)cc(Cl)c1OCc1ccccc1. The molecule has 0 saturated carbocycles. The quantitative estimate of drug-likeness (QED) is 0.765. The lowest BCUT2D eigenvalue weighted by atomic mass is 10.2. The summed E-state index contributed by atoms with van der Waals surface area (Å²) in [6.45, 7) is 2.90. The average Bonchev–Trinajstić information content (AvgIpc) is 3.15. The van der Waals surface area contributed by atoms with Crippen molar-refractivity contribution < 1.29 is 14.2 Å². The molecule has 0 aliphatic carbocycles. The van der Waals surface area contributed by atoms with Crippen LogP contribution in [-0.4, -0.2) is 26.4 Å². The third-order valence-corrected chi connectivity index (χ3v) is 4.52. The summed E-state index contributed by atoms with van der Waals surface area (Å²) in [5.74, 6) is 1.23. The number of benzene rings is 2. The topological polar surface area (TPSA) is 39.7 Å². The molecule has 0 amide bonds. The molecule has 3 rings (SSSR count). The van der Waals surface area contributed by atoms with E-state index in [9.17, 15) is 0 Å². The summed E-state index contributed by atoms with van der Waals surface area (Å²) in [6, 6.07) is 13.9. The van der Waals surface area contributed by atoms with Gasteiger partial charge in [0.05, 0.1) is 18.2 Å². The van der Waals surface area contributed by atoms with Gasteiger partial charge in [-0.15, -0.1) is 0 Å². The Bertz CT molecular complexity index is 672. The molecular formula is C20H24ClNO3. The van der Waals surface area contributed by atoms with E-state index in [1.165, 1.54) is 0 Å². The minimum Gasteiger partial charge on any atom is -0.493 e. The van der Waals surface area contributed by atoms with Gasteiger partial charge in [0.2, 0.25) is 0 Å². The van der Waals surface area contributed by atoms with Crippen LogP contribution >= 0.6 is 11.6 Å². The Morgan fingerprint density at radius 3 is 2.76 bits per heavy atom. The van der Waals surface area contributed by atoms with Crippen LogP contribution in [0.3, 0.4) is 0 Å². The third kappa shape index (κ3) is 5.11. The number of hydrogen-bond donors (Lipinski definition) is 1. The predicted octanol–water partition coefficient (Wildman–Crippen LogP) is 4.20. The Morgan fingerprint density at radius 2 is 2.04 bits per heavy atom. The van der Waals surface area contributed by atoms with Crippen molar-refractivity contribution in [1.29, 1.82) is 0 Å². The highest BCUT2D eigenvalue weighted by Crippen LogP contribution is 2.37. The second kappa shape index (κ2) is 9.09. The van der Waals surface area contributed by atoms with Crippen molar-refractivity contribution in [2.24, 2.45) is 0 Å². The minimum absolute atomic E-state index is 0.325. The summed E-state index contributed by atoms with van der Waals surface area (Å²) in [7, 11) is 1.63. The average molecular weight is 362 g/mol. The molecule has 0 spiro atoms. The van der Waals surface area contributed by atoms with Crippen LogP contribution < -0.4 is 14.8 Å². The molecule has 4 nitrogen and oxygen atoms in total. The molecule has 2 aromatic carbocycles. The van der Waals surface area contributed by atoms with Crippen LogP contribution in [0.25, 0.3) is 0 Å². The van der Waals surface area contributed by atoms with Gasteiger partial charge in [-0.1, -0.05) is 41.9 Å². The van der Waals surface area contributed by atoms with E-state index in [2.05, 4.69) is 5.32 Å². The van der Waals surface area contributed by atoms with Crippen LogP contribution in [0.1, 0.15) is 24.0 Å². The number of hydrogen-bond acceptors (Lipinski definition) is 4. The first-order valence-electron chi connectivity index (χ1n) is 8.61. The van der Waals surface area contributed by atoms with E-state index in [0.29, 0.717) is 29.2 Å². The molecule has 0 bridgehead atoms.